The van der Waals surface area contributed by atoms with Crippen molar-refractivity contribution in [1.82, 2.24) is 15.2 Å². The van der Waals surface area contributed by atoms with E-state index in [9.17, 15) is 18.0 Å². The summed E-state index contributed by atoms with van der Waals surface area (Å²) in [5, 5.41) is 5.38. The number of hydrogen-bond acceptors (Lipinski definition) is 5. The van der Waals surface area contributed by atoms with Crippen LogP contribution in [0.1, 0.15) is 28.8 Å². The number of carbonyl (C=O) groups excluding carboxylic acids is 2. The molecule has 1 saturated heterocycles. The highest BCUT2D eigenvalue weighted by Gasteiger charge is 2.21. The van der Waals surface area contributed by atoms with Crippen LogP contribution in [0.5, 0.6) is 0 Å². The zero-order valence-corrected chi connectivity index (χ0v) is 18.7. The van der Waals surface area contributed by atoms with E-state index in [0.717, 1.165) is 31.5 Å². The van der Waals surface area contributed by atoms with E-state index in [1.54, 1.807) is 35.5 Å². The van der Waals surface area contributed by atoms with Crippen LogP contribution in [0.2, 0.25) is 0 Å². The van der Waals surface area contributed by atoms with E-state index in [2.05, 4.69) is 15.6 Å². The third kappa shape index (κ3) is 5.38. The summed E-state index contributed by atoms with van der Waals surface area (Å²) in [5.74, 6) is -0.0753. The van der Waals surface area contributed by atoms with Crippen molar-refractivity contribution in [2.45, 2.75) is 29.2 Å². The van der Waals surface area contributed by atoms with Crippen molar-refractivity contribution in [2.75, 3.05) is 18.4 Å². The van der Waals surface area contributed by atoms with Gasteiger partial charge in [-0.2, -0.15) is 0 Å². The summed E-state index contributed by atoms with van der Waals surface area (Å²) in [5.41, 5.74) is 1.80. The highest BCUT2D eigenvalue weighted by atomic mass is 32.2. The van der Waals surface area contributed by atoms with Gasteiger partial charge in [-0.05, 0) is 73.0 Å². The normalized spacial score (nSPS) is 13.5. The second-order valence-corrected chi connectivity index (χ2v) is 9.67. The highest BCUT2D eigenvalue weighted by Crippen LogP contribution is 2.23. The molecule has 1 aliphatic rings. The molecule has 33 heavy (non-hydrogen) atoms. The number of urea groups is 1. The lowest BCUT2D eigenvalue weighted by molar-refractivity contribution is 0.0792. The SMILES string of the molecule is O=C(NCc1cccnc1)Nc1ccc(S(=O)(=O)c2ccc(C(=O)N3CCCC3)cc2)cc1. The van der Waals surface area contributed by atoms with Crippen LogP contribution in [0, 0.1) is 0 Å². The summed E-state index contributed by atoms with van der Waals surface area (Å²) >= 11 is 0. The van der Waals surface area contributed by atoms with Gasteiger partial charge in [-0.25, -0.2) is 13.2 Å². The third-order valence-electron chi connectivity index (χ3n) is 5.40. The van der Waals surface area contributed by atoms with Crippen LogP contribution in [0.4, 0.5) is 10.5 Å². The molecule has 9 heteroatoms. The van der Waals surface area contributed by atoms with Crippen molar-refractivity contribution in [3.63, 3.8) is 0 Å². The van der Waals surface area contributed by atoms with Gasteiger partial charge in [-0.15, -0.1) is 0 Å². The lowest BCUT2D eigenvalue weighted by Gasteiger charge is -2.15. The number of sulfone groups is 1. The average Bonchev–Trinajstić information content (AvgIpc) is 3.38. The third-order valence-corrected chi connectivity index (χ3v) is 7.19. The van der Waals surface area contributed by atoms with Gasteiger partial charge in [-0.1, -0.05) is 6.07 Å². The molecule has 3 amide bonds. The first-order valence-corrected chi connectivity index (χ1v) is 12.1. The van der Waals surface area contributed by atoms with E-state index < -0.39 is 15.9 Å². The number of nitrogens with one attached hydrogen (secondary N) is 2. The number of anilines is 1. The number of rotatable bonds is 6. The quantitative estimate of drug-likeness (QED) is 0.581. The molecule has 8 nitrogen and oxygen atoms in total. The first-order chi connectivity index (χ1) is 15.9. The van der Waals surface area contributed by atoms with E-state index >= 15 is 0 Å². The van der Waals surface area contributed by atoms with Crippen molar-refractivity contribution in [3.8, 4) is 0 Å². The largest absolute Gasteiger partial charge is 0.339 e. The molecule has 4 rings (SSSR count). The molecule has 2 heterocycles. The fourth-order valence-electron chi connectivity index (χ4n) is 3.59. The maximum Gasteiger partial charge on any atom is 0.319 e. The number of nitrogens with zero attached hydrogens (tertiary/aromatic N) is 2. The van der Waals surface area contributed by atoms with Crippen molar-refractivity contribution >= 4 is 27.5 Å². The lowest BCUT2D eigenvalue weighted by Crippen LogP contribution is -2.28. The molecular formula is C24H24N4O4S. The molecule has 1 aromatic heterocycles. The maximum absolute atomic E-state index is 13.0. The van der Waals surface area contributed by atoms with Crippen LogP contribution >= 0.6 is 0 Å². The smallest absolute Gasteiger partial charge is 0.319 e. The Morgan fingerprint density at radius 1 is 0.909 bits per heavy atom. The first kappa shape index (κ1) is 22.5. The summed E-state index contributed by atoms with van der Waals surface area (Å²) in [7, 11) is -3.75. The Labute approximate surface area is 192 Å². The fourth-order valence-corrected chi connectivity index (χ4v) is 4.85. The van der Waals surface area contributed by atoms with E-state index in [4.69, 9.17) is 0 Å². The summed E-state index contributed by atoms with van der Waals surface area (Å²) in [6, 6.07) is 15.2. The Bertz CT molecular complexity index is 1220. The van der Waals surface area contributed by atoms with Crippen molar-refractivity contribution in [2.24, 2.45) is 0 Å². The van der Waals surface area contributed by atoms with Crippen LogP contribution in [-0.2, 0) is 16.4 Å². The Hall–Kier alpha value is -3.72. The predicted molar refractivity (Wildman–Crippen MR) is 124 cm³/mol. The van der Waals surface area contributed by atoms with Gasteiger partial charge in [-0.3, -0.25) is 9.78 Å². The van der Waals surface area contributed by atoms with Crippen LogP contribution in [-0.4, -0.2) is 43.3 Å². The van der Waals surface area contributed by atoms with Crippen LogP contribution < -0.4 is 10.6 Å². The van der Waals surface area contributed by atoms with Gasteiger partial charge in [0, 0.05) is 43.3 Å². The van der Waals surface area contributed by atoms with Gasteiger partial charge in [0.2, 0.25) is 9.84 Å². The standard InChI is InChI=1S/C24H24N4O4S/c29-23(28-14-1-2-15-28)19-5-9-21(10-6-19)33(31,32)22-11-7-20(8-12-22)27-24(30)26-17-18-4-3-13-25-16-18/h3-13,16H,1-2,14-15,17H2,(H2,26,27,30). The second-order valence-electron chi connectivity index (χ2n) is 7.72. The van der Waals surface area contributed by atoms with Gasteiger partial charge in [0.05, 0.1) is 9.79 Å². The molecule has 1 fully saturated rings. The minimum absolute atomic E-state index is 0.0753. The summed E-state index contributed by atoms with van der Waals surface area (Å²) in [6.45, 7) is 1.80. The molecule has 2 N–H and O–H groups in total. The summed E-state index contributed by atoms with van der Waals surface area (Å²) in [4.78, 5) is 30.5. The number of likely N-dealkylation sites (tertiary alicyclic amines) is 1. The Balaban J connectivity index is 1.39. The van der Waals surface area contributed by atoms with Gasteiger partial charge in [0.25, 0.3) is 5.91 Å². The number of amides is 3. The van der Waals surface area contributed by atoms with E-state index in [1.165, 1.54) is 36.4 Å². The van der Waals surface area contributed by atoms with Gasteiger partial charge < -0.3 is 15.5 Å². The molecule has 1 aliphatic heterocycles. The van der Waals surface area contributed by atoms with Gasteiger partial charge in [0.1, 0.15) is 0 Å². The van der Waals surface area contributed by atoms with Crippen LogP contribution in [0.25, 0.3) is 0 Å². The lowest BCUT2D eigenvalue weighted by atomic mass is 10.2. The zero-order valence-electron chi connectivity index (χ0n) is 17.9. The Morgan fingerprint density at radius 2 is 1.55 bits per heavy atom. The minimum atomic E-state index is -3.75. The molecule has 2 aromatic carbocycles. The molecule has 0 aliphatic carbocycles. The Kier molecular flexibility index (Phi) is 6.69. The fraction of sp³-hybridized carbons (Fsp3) is 0.208. The molecule has 0 spiro atoms. The van der Waals surface area contributed by atoms with Crippen LogP contribution in [0.15, 0.2) is 82.8 Å². The number of carbonyl (C=O) groups is 2. The predicted octanol–water partition coefficient (Wildman–Crippen LogP) is 3.47. The van der Waals surface area contributed by atoms with Gasteiger partial charge in [0.15, 0.2) is 0 Å². The second kappa shape index (κ2) is 9.83. The van der Waals surface area contributed by atoms with Crippen LogP contribution in [0.3, 0.4) is 0 Å². The minimum Gasteiger partial charge on any atom is -0.339 e. The summed E-state index contributed by atoms with van der Waals surface area (Å²) in [6.07, 6.45) is 5.31. The Morgan fingerprint density at radius 3 is 2.15 bits per heavy atom. The molecule has 170 valence electrons. The number of aromatic nitrogens is 1. The maximum atomic E-state index is 13.0. The van der Waals surface area contributed by atoms with Crippen molar-refractivity contribution in [1.29, 1.82) is 0 Å². The van der Waals surface area contributed by atoms with E-state index in [-0.39, 0.29) is 15.7 Å². The molecular weight excluding hydrogens is 440 g/mol. The molecule has 0 saturated carbocycles. The van der Waals surface area contributed by atoms with E-state index in [1.807, 2.05) is 6.07 Å². The molecule has 0 radical (unpaired) electrons. The molecule has 0 unspecified atom stereocenters. The van der Waals surface area contributed by atoms with Crippen molar-refractivity contribution in [3.05, 3.63) is 84.2 Å². The van der Waals surface area contributed by atoms with E-state index in [0.29, 0.717) is 17.8 Å². The first-order valence-electron chi connectivity index (χ1n) is 10.6. The molecule has 3 aromatic rings. The molecule has 0 atom stereocenters. The highest BCUT2D eigenvalue weighted by molar-refractivity contribution is 7.91. The number of benzene rings is 2. The monoisotopic (exact) mass is 464 g/mol. The van der Waals surface area contributed by atoms with Gasteiger partial charge >= 0.3 is 6.03 Å². The van der Waals surface area contributed by atoms with Crippen molar-refractivity contribution < 1.29 is 18.0 Å². The zero-order chi connectivity index (χ0) is 23.3. The topological polar surface area (TPSA) is 108 Å². The summed E-state index contributed by atoms with van der Waals surface area (Å²) < 4.78 is 25.9. The molecule has 0 bridgehead atoms. The number of hydrogen-bond donors (Lipinski definition) is 2. The average molecular weight is 465 g/mol. The number of pyridine rings is 1.